The van der Waals surface area contributed by atoms with Gasteiger partial charge in [-0.05, 0) is 82.5 Å². The van der Waals surface area contributed by atoms with E-state index in [1.54, 1.807) is 12.4 Å². The van der Waals surface area contributed by atoms with Gasteiger partial charge in [0.05, 0.1) is 22.1 Å². The van der Waals surface area contributed by atoms with Crippen LogP contribution in [-0.4, -0.2) is 64.0 Å². The zero-order valence-corrected chi connectivity index (χ0v) is 22.7. The summed E-state index contributed by atoms with van der Waals surface area (Å²) in [6.07, 6.45) is 8.02. The average Bonchev–Trinajstić information content (AvgIpc) is 3.61. The fraction of sp³-hybridized carbons (Fsp3) is 0.448. The first-order valence-electron chi connectivity index (χ1n) is 13.4. The van der Waals surface area contributed by atoms with Crippen molar-refractivity contribution in [3.05, 3.63) is 76.2 Å². The molecule has 1 amide bonds. The second kappa shape index (κ2) is 12.4. The molecule has 2 aliphatic rings. The monoisotopic (exact) mass is 539 g/mol. The van der Waals surface area contributed by atoms with E-state index in [0.717, 1.165) is 55.5 Å². The van der Waals surface area contributed by atoms with E-state index in [-0.39, 0.29) is 5.91 Å². The van der Waals surface area contributed by atoms with Gasteiger partial charge in [0, 0.05) is 24.7 Å². The largest absolute Gasteiger partial charge is 0.347 e. The van der Waals surface area contributed by atoms with Crippen molar-refractivity contribution in [2.24, 2.45) is 0 Å². The smallest absolute Gasteiger partial charge is 0.272 e. The van der Waals surface area contributed by atoms with Gasteiger partial charge in [0.25, 0.3) is 5.91 Å². The molecule has 3 aromatic rings. The van der Waals surface area contributed by atoms with Crippen LogP contribution in [-0.2, 0) is 13.1 Å². The number of hydrogen-bond donors (Lipinski definition) is 1. The maximum Gasteiger partial charge on any atom is 0.272 e. The van der Waals surface area contributed by atoms with E-state index in [9.17, 15) is 4.79 Å². The van der Waals surface area contributed by atoms with E-state index >= 15 is 0 Å². The number of carbonyl (C=O) groups excluding carboxylic acids is 1. The topological polar surface area (TPSA) is 53.4 Å². The van der Waals surface area contributed by atoms with Crippen molar-refractivity contribution < 1.29 is 4.79 Å². The van der Waals surface area contributed by atoms with E-state index in [4.69, 9.17) is 23.2 Å². The number of aromatic nitrogens is 2. The lowest BCUT2D eigenvalue weighted by Gasteiger charge is -2.36. The van der Waals surface area contributed by atoms with E-state index in [0.29, 0.717) is 22.3 Å². The molecule has 0 unspecified atom stereocenters. The molecule has 3 heterocycles. The molecule has 0 aliphatic carbocycles. The molecule has 0 atom stereocenters. The molecule has 0 saturated carbocycles. The number of carbonyl (C=O) groups is 1. The Morgan fingerprint density at radius 3 is 2.43 bits per heavy atom. The summed E-state index contributed by atoms with van der Waals surface area (Å²) in [4.78, 5) is 23.0. The molecule has 2 aromatic carbocycles. The summed E-state index contributed by atoms with van der Waals surface area (Å²) in [5, 5.41) is 3.96. The van der Waals surface area contributed by atoms with Crippen molar-refractivity contribution in [3.8, 4) is 11.3 Å². The SMILES string of the molecule is O=C(NCc1ccccc1)c1ncn(CCCN2CCC(N3CCCC3)CC2)c1-c1ccc(Cl)c(Cl)c1. The van der Waals surface area contributed by atoms with Gasteiger partial charge in [0.15, 0.2) is 5.69 Å². The quantitative estimate of drug-likeness (QED) is 0.376. The maximum absolute atomic E-state index is 13.2. The first kappa shape index (κ1) is 26.2. The highest BCUT2D eigenvalue weighted by atomic mass is 35.5. The average molecular weight is 541 g/mol. The van der Waals surface area contributed by atoms with Crippen molar-refractivity contribution in [1.82, 2.24) is 24.7 Å². The molecule has 5 rings (SSSR count). The number of halogens is 2. The van der Waals surface area contributed by atoms with Crippen molar-refractivity contribution in [1.29, 1.82) is 0 Å². The van der Waals surface area contributed by atoms with Crippen LogP contribution in [0.3, 0.4) is 0 Å². The third kappa shape index (κ3) is 6.55. The number of imidazole rings is 1. The number of rotatable bonds is 9. The Kier molecular flexibility index (Phi) is 8.82. The molecule has 2 fully saturated rings. The van der Waals surface area contributed by atoms with E-state index in [2.05, 4.69) is 24.7 Å². The molecular formula is C29H35Cl2N5O. The molecule has 6 nitrogen and oxygen atoms in total. The van der Waals surface area contributed by atoms with Crippen LogP contribution in [0.2, 0.25) is 10.0 Å². The van der Waals surface area contributed by atoms with Gasteiger partial charge in [-0.1, -0.05) is 59.6 Å². The number of piperidine rings is 1. The first-order chi connectivity index (χ1) is 18.1. The van der Waals surface area contributed by atoms with E-state index in [1.807, 2.05) is 42.5 Å². The molecule has 0 radical (unpaired) electrons. The predicted octanol–water partition coefficient (Wildman–Crippen LogP) is 5.74. The number of amides is 1. The Balaban J connectivity index is 1.24. The van der Waals surface area contributed by atoms with Crippen LogP contribution in [0.4, 0.5) is 0 Å². The zero-order chi connectivity index (χ0) is 25.6. The molecular weight excluding hydrogens is 505 g/mol. The van der Waals surface area contributed by atoms with Crippen LogP contribution >= 0.6 is 23.2 Å². The Hall–Kier alpha value is -2.38. The fourth-order valence-corrected chi connectivity index (χ4v) is 5.90. The third-order valence-corrected chi connectivity index (χ3v) is 8.37. The van der Waals surface area contributed by atoms with Gasteiger partial charge in [-0.25, -0.2) is 4.98 Å². The van der Waals surface area contributed by atoms with E-state index < -0.39 is 0 Å². The molecule has 1 aromatic heterocycles. The van der Waals surface area contributed by atoms with Gasteiger partial charge in [0.2, 0.25) is 0 Å². The van der Waals surface area contributed by atoms with E-state index in [1.165, 1.54) is 38.8 Å². The normalized spacial score (nSPS) is 17.4. The lowest BCUT2D eigenvalue weighted by molar-refractivity contribution is 0.0947. The van der Waals surface area contributed by atoms with Crippen LogP contribution in [0.15, 0.2) is 54.9 Å². The van der Waals surface area contributed by atoms with Gasteiger partial charge in [0.1, 0.15) is 0 Å². The Bertz CT molecular complexity index is 1180. The summed E-state index contributed by atoms with van der Waals surface area (Å²) in [5.74, 6) is -0.201. The van der Waals surface area contributed by atoms with Crippen molar-refractivity contribution in [2.75, 3.05) is 32.7 Å². The number of benzene rings is 2. The molecule has 0 spiro atoms. The number of hydrogen-bond acceptors (Lipinski definition) is 4. The highest BCUT2D eigenvalue weighted by Crippen LogP contribution is 2.31. The molecule has 2 saturated heterocycles. The zero-order valence-electron chi connectivity index (χ0n) is 21.2. The summed E-state index contributed by atoms with van der Waals surface area (Å²) < 4.78 is 2.08. The van der Waals surface area contributed by atoms with Gasteiger partial charge < -0.3 is 19.7 Å². The van der Waals surface area contributed by atoms with Crippen LogP contribution in [0.5, 0.6) is 0 Å². The van der Waals surface area contributed by atoms with Crippen molar-refractivity contribution >= 4 is 29.1 Å². The third-order valence-electron chi connectivity index (χ3n) is 7.63. The number of likely N-dealkylation sites (tertiary alicyclic amines) is 2. The Morgan fingerprint density at radius 1 is 0.946 bits per heavy atom. The minimum Gasteiger partial charge on any atom is -0.347 e. The van der Waals surface area contributed by atoms with Gasteiger partial charge in [-0.3, -0.25) is 4.79 Å². The lowest BCUT2D eigenvalue weighted by atomic mass is 10.0. The van der Waals surface area contributed by atoms with Gasteiger partial charge in [-0.2, -0.15) is 0 Å². The first-order valence-corrected chi connectivity index (χ1v) is 14.1. The number of aryl methyl sites for hydroxylation is 1. The minimum absolute atomic E-state index is 0.201. The summed E-state index contributed by atoms with van der Waals surface area (Å²) in [6.45, 7) is 7.16. The standard InChI is InChI=1S/C29H35Cl2N5O/c30-25-10-9-23(19-26(25)31)28-27(29(37)32-20-22-7-2-1-3-8-22)33-21-36(28)16-6-13-34-17-11-24(12-18-34)35-14-4-5-15-35/h1-3,7-10,19,21,24H,4-6,11-18,20H2,(H,32,37). The van der Waals surface area contributed by atoms with Crippen LogP contribution < -0.4 is 5.32 Å². The van der Waals surface area contributed by atoms with Crippen LogP contribution in [0, 0.1) is 0 Å². The number of nitrogens with zero attached hydrogens (tertiary/aromatic N) is 4. The lowest BCUT2D eigenvalue weighted by Crippen LogP contribution is -2.44. The molecule has 1 N–H and O–H groups in total. The maximum atomic E-state index is 13.2. The fourth-order valence-electron chi connectivity index (χ4n) is 5.61. The molecule has 0 bridgehead atoms. The van der Waals surface area contributed by atoms with Gasteiger partial charge in [-0.15, -0.1) is 0 Å². The van der Waals surface area contributed by atoms with Crippen LogP contribution in [0.25, 0.3) is 11.3 Å². The second-order valence-corrected chi connectivity index (χ2v) is 10.9. The molecule has 37 heavy (non-hydrogen) atoms. The van der Waals surface area contributed by atoms with Crippen molar-refractivity contribution in [3.63, 3.8) is 0 Å². The summed E-state index contributed by atoms with van der Waals surface area (Å²) in [5.41, 5.74) is 3.06. The van der Waals surface area contributed by atoms with Crippen LogP contribution in [0.1, 0.15) is 48.2 Å². The summed E-state index contributed by atoms with van der Waals surface area (Å²) >= 11 is 12.5. The molecule has 2 aliphatic heterocycles. The highest BCUT2D eigenvalue weighted by molar-refractivity contribution is 6.42. The molecule has 196 valence electrons. The molecule has 8 heteroatoms. The minimum atomic E-state index is -0.201. The summed E-state index contributed by atoms with van der Waals surface area (Å²) in [7, 11) is 0. The second-order valence-electron chi connectivity index (χ2n) is 10.1. The highest BCUT2D eigenvalue weighted by Gasteiger charge is 2.26. The Morgan fingerprint density at radius 2 is 1.70 bits per heavy atom. The summed E-state index contributed by atoms with van der Waals surface area (Å²) in [6, 6.07) is 16.1. The van der Waals surface area contributed by atoms with Gasteiger partial charge >= 0.3 is 0 Å². The Labute approximate surface area is 229 Å². The van der Waals surface area contributed by atoms with Crippen molar-refractivity contribution in [2.45, 2.75) is 51.2 Å². The predicted molar refractivity (Wildman–Crippen MR) is 150 cm³/mol. The number of nitrogens with one attached hydrogen (secondary N) is 1.